The van der Waals surface area contributed by atoms with E-state index >= 15 is 0 Å². The van der Waals surface area contributed by atoms with Crippen molar-refractivity contribution >= 4 is 17.1 Å². The van der Waals surface area contributed by atoms with E-state index in [1.165, 1.54) is 11.3 Å². The Morgan fingerprint density at radius 3 is 2.04 bits per heavy atom. The van der Waals surface area contributed by atoms with Crippen LogP contribution >= 0.6 is 11.3 Å². The van der Waals surface area contributed by atoms with Crippen molar-refractivity contribution in [2.45, 2.75) is 0 Å². The van der Waals surface area contributed by atoms with Crippen molar-refractivity contribution in [3.63, 3.8) is 0 Å². The molecule has 0 fully saturated rings. The fraction of sp³-hybridized carbons (Fsp3) is 0.0417. The zero-order valence-corrected chi connectivity index (χ0v) is 15.7. The maximum atomic E-state index is 13.2. The molecule has 0 radical (unpaired) electrons. The molecule has 0 spiro atoms. The Morgan fingerprint density at radius 1 is 0.778 bits per heavy atom. The normalized spacial score (nSPS) is 10.6. The molecule has 4 rings (SSSR count). The van der Waals surface area contributed by atoms with E-state index in [0.717, 1.165) is 32.2 Å². The van der Waals surface area contributed by atoms with Gasteiger partial charge < -0.3 is 4.74 Å². The number of carbonyl (C=O) groups is 1. The molecular formula is C24H18O2S. The minimum atomic E-state index is 0.0548. The van der Waals surface area contributed by atoms with Gasteiger partial charge in [-0.15, -0.1) is 11.3 Å². The molecule has 0 aliphatic rings. The minimum Gasteiger partial charge on any atom is -0.497 e. The van der Waals surface area contributed by atoms with Crippen LogP contribution in [-0.2, 0) is 0 Å². The highest BCUT2D eigenvalue weighted by Crippen LogP contribution is 2.38. The summed E-state index contributed by atoms with van der Waals surface area (Å²) in [7, 11) is 1.66. The maximum Gasteiger partial charge on any atom is 0.203 e. The van der Waals surface area contributed by atoms with Gasteiger partial charge in [0.15, 0.2) is 0 Å². The van der Waals surface area contributed by atoms with Crippen molar-refractivity contribution in [1.29, 1.82) is 0 Å². The second kappa shape index (κ2) is 7.60. The molecule has 0 aliphatic heterocycles. The highest BCUT2D eigenvalue weighted by Gasteiger charge is 2.19. The lowest BCUT2D eigenvalue weighted by atomic mass is 10.0. The zero-order chi connectivity index (χ0) is 18.6. The second-order valence-corrected chi connectivity index (χ2v) is 7.20. The van der Waals surface area contributed by atoms with Crippen LogP contribution in [0.15, 0.2) is 91.0 Å². The van der Waals surface area contributed by atoms with E-state index in [2.05, 4.69) is 6.07 Å². The van der Waals surface area contributed by atoms with Gasteiger partial charge in [-0.05, 0) is 41.5 Å². The van der Waals surface area contributed by atoms with E-state index < -0.39 is 0 Å². The number of thiophene rings is 1. The molecule has 2 nitrogen and oxygen atoms in total. The predicted octanol–water partition coefficient (Wildman–Crippen LogP) is 6.32. The van der Waals surface area contributed by atoms with Crippen molar-refractivity contribution in [3.8, 4) is 27.3 Å². The Hall–Kier alpha value is -3.17. The van der Waals surface area contributed by atoms with Crippen LogP contribution in [0.3, 0.4) is 0 Å². The first kappa shape index (κ1) is 17.3. The number of benzene rings is 3. The SMILES string of the molecule is COc1ccc(-c2cc(-c3ccccc3)c(C(=O)c3ccccc3)s2)cc1. The molecule has 0 saturated heterocycles. The van der Waals surface area contributed by atoms with Crippen LogP contribution in [0.1, 0.15) is 15.2 Å². The topological polar surface area (TPSA) is 26.3 Å². The van der Waals surface area contributed by atoms with Gasteiger partial charge >= 0.3 is 0 Å². The third kappa shape index (κ3) is 3.55. The first-order chi connectivity index (χ1) is 13.3. The monoisotopic (exact) mass is 370 g/mol. The van der Waals surface area contributed by atoms with Crippen molar-refractivity contribution in [2.24, 2.45) is 0 Å². The summed E-state index contributed by atoms with van der Waals surface area (Å²) in [6, 6.07) is 29.5. The van der Waals surface area contributed by atoms with Crippen LogP contribution in [0.25, 0.3) is 21.6 Å². The highest BCUT2D eigenvalue weighted by atomic mass is 32.1. The smallest absolute Gasteiger partial charge is 0.203 e. The molecule has 132 valence electrons. The van der Waals surface area contributed by atoms with E-state index in [9.17, 15) is 4.79 Å². The molecule has 4 aromatic rings. The first-order valence-corrected chi connectivity index (χ1v) is 9.51. The first-order valence-electron chi connectivity index (χ1n) is 8.69. The summed E-state index contributed by atoms with van der Waals surface area (Å²) in [6.45, 7) is 0. The molecular weight excluding hydrogens is 352 g/mol. The Labute approximate surface area is 162 Å². The molecule has 0 saturated carbocycles. The summed E-state index contributed by atoms with van der Waals surface area (Å²) in [4.78, 5) is 15.0. The van der Waals surface area contributed by atoms with Crippen molar-refractivity contribution in [2.75, 3.05) is 7.11 Å². The average molecular weight is 370 g/mol. The number of methoxy groups -OCH3 is 1. The summed E-state index contributed by atoms with van der Waals surface area (Å²) >= 11 is 1.53. The van der Waals surface area contributed by atoms with E-state index in [0.29, 0.717) is 5.56 Å². The largest absolute Gasteiger partial charge is 0.497 e. The van der Waals surface area contributed by atoms with Crippen LogP contribution in [0, 0.1) is 0 Å². The Balaban J connectivity index is 1.83. The lowest BCUT2D eigenvalue weighted by Crippen LogP contribution is -1.99. The number of carbonyl (C=O) groups excluding carboxylic acids is 1. The molecule has 0 amide bonds. The van der Waals surface area contributed by atoms with Crippen molar-refractivity contribution < 1.29 is 9.53 Å². The molecule has 0 aliphatic carbocycles. The Kier molecular flexibility index (Phi) is 4.86. The molecule has 27 heavy (non-hydrogen) atoms. The minimum absolute atomic E-state index is 0.0548. The number of ketones is 1. The van der Waals surface area contributed by atoms with Gasteiger partial charge in [-0.25, -0.2) is 0 Å². The van der Waals surface area contributed by atoms with Crippen molar-refractivity contribution in [3.05, 3.63) is 101 Å². The van der Waals surface area contributed by atoms with Gasteiger partial charge in [-0.3, -0.25) is 4.79 Å². The molecule has 3 heteroatoms. The van der Waals surface area contributed by atoms with Crippen LogP contribution in [-0.4, -0.2) is 12.9 Å². The van der Waals surface area contributed by atoms with Crippen LogP contribution in [0.5, 0.6) is 5.75 Å². The zero-order valence-electron chi connectivity index (χ0n) is 14.9. The number of hydrogen-bond acceptors (Lipinski definition) is 3. The summed E-state index contributed by atoms with van der Waals surface area (Å²) in [6.07, 6.45) is 0. The van der Waals surface area contributed by atoms with Gasteiger partial charge in [0.05, 0.1) is 12.0 Å². The lowest BCUT2D eigenvalue weighted by molar-refractivity contribution is 0.104. The van der Waals surface area contributed by atoms with Crippen molar-refractivity contribution in [1.82, 2.24) is 0 Å². The molecule has 1 aromatic heterocycles. The van der Waals surface area contributed by atoms with Gasteiger partial charge in [0.1, 0.15) is 5.75 Å². The molecule has 0 bridgehead atoms. The summed E-state index contributed by atoms with van der Waals surface area (Å²) in [5, 5.41) is 0. The molecule has 1 heterocycles. The number of ether oxygens (including phenoxy) is 1. The third-order valence-electron chi connectivity index (χ3n) is 4.43. The van der Waals surface area contributed by atoms with Gasteiger partial charge in [-0.1, -0.05) is 60.7 Å². The predicted molar refractivity (Wildman–Crippen MR) is 112 cm³/mol. The summed E-state index contributed by atoms with van der Waals surface area (Å²) in [5.41, 5.74) is 3.80. The van der Waals surface area contributed by atoms with Gasteiger partial charge in [0, 0.05) is 16.0 Å². The van der Waals surface area contributed by atoms with Crippen LogP contribution in [0.4, 0.5) is 0 Å². The summed E-state index contributed by atoms with van der Waals surface area (Å²) < 4.78 is 5.25. The van der Waals surface area contributed by atoms with E-state index in [-0.39, 0.29) is 5.78 Å². The lowest BCUT2D eigenvalue weighted by Gasteiger charge is -2.03. The molecule has 3 aromatic carbocycles. The quantitative estimate of drug-likeness (QED) is 0.384. The van der Waals surface area contributed by atoms with Gasteiger partial charge in [0.25, 0.3) is 0 Å². The van der Waals surface area contributed by atoms with E-state index in [4.69, 9.17) is 4.74 Å². The second-order valence-electron chi connectivity index (χ2n) is 6.14. The maximum absolute atomic E-state index is 13.2. The van der Waals surface area contributed by atoms with Gasteiger partial charge in [-0.2, -0.15) is 0 Å². The standard InChI is InChI=1S/C24H18O2S/c1-26-20-14-12-18(13-15-20)22-16-21(17-8-4-2-5-9-17)24(27-22)23(25)19-10-6-3-7-11-19/h2-16H,1H3. The van der Waals surface area contributed by atoms with Crippen LogP contribution < -0.4 is 4.74 Å². The summed E-state index contributed by atoms with van der Waals surface area (Å²) in [5.74, 6) is 0.874. The fourth-order valence-electron chi connectivity index (χ4n) is 3.01. The Bertz CT molecular complexity index is 1050. The number of rotatable bonds is 5. The van der Waals surface area contributed by atoms with E-state index in [1.807, 2.05) is 84.9 Å². The average Bonchev–Trinajstić information content (AvgIpc) is 3.20. The molecule has 0 unspecified atom stereocenters. The Morgan fingerprint density at radius 2 is 1.41 bits per heavy atom. The van der Waals surface area contributed by atoms with Gasteiger partial charge in [0.2, 0.25) is 5.78 Å². The fourth-order valence-corrected chi connectivity index (χ4v) is 4.16. The van der Waals surface area contributed by atoms with E-state index in [1.54, 1.807) is 7.11 Å². The number of hydrogen-bond donors (Lipinski definition) is 0. The molecule has 0 N–H and O–H groups in total. The third-order valence-corrected chi connectivity index (χ3v) is 5.62. The molecule has 0 atom stereocenters. The van der Waals surface area contributed by atoms with Crippen LogP contribution in [0.2, 0.25) is 0 Å². The highest BCUT2D eigenvalue weighted by molar-refractivity contribution is 7.18.